The van der Waals surface area contributed by atoms with Gasteiger partial charge >= 0.3 is 0 Å². The maximum Gasteiger partial charge on any atom is 0.239 e. The molecule has 1 N–H and O–H groups in total. The number of hydrogen-bond acceptors (Lipinski definition) is 5. The van der Waals surface area contributed by atoms with Crippen LogP contribution in [0.15, 0.2) is 81.4 Å². The van der Waals surface area contributed by atoms with Crippen LogP contribution in [0.25, 0.3) is 11.3 Å². The number of furan rings is 1. The van der Waals surface area contributed by atoms with Crippen LogP contribution in [0, 0.1) is 6.92 Å². The maximum atomic E-state index is 12.1. The zero-order valence-corrected chi connectivity index (χ0v) is 16.1. The summed E-state index contributed by atoms with van der Waals surface area (Å²) >= 11 is 1.40. The Labute approximate surface area is 167 Å². The van der Waals surface area contributed by atoms with Crippen LogP contribution in [-0.2, 0) is 11.2 Å². The molecule has 140 valence electrons. The average Bonchev–Trinajstić information content (AvgIpc) is 3.30. The predicted octanol–water partition coefficient (Wildman–Crippen LogP) is 4.42. The minimum Gasteiger partial charge on any atom is -0.455 e. The third-order valence-corrected chi connectivity index (χ3v) is 5.41. The molecule has 1 aliphatic rings. The molecule has 6 heteroatoms. The Balaban J connectivity index is 1.38. The Hall–Kier alpha value is -3.12. The summed E-state index contributed by atoms with van der Waals surface area (Å²) in [6, 6.07) is 21.8. The first kappa shape index (κ1) is 18.3. The van der Waals surface area contributed by atoms with E-state index in [0.29, 0.717) is 17.3 Å². The van der Waals surface area contributed by atoms with E-state index in [1.807, 2.05) is 73.7 Å². The van der Waals surface area contributed by atoms with Gasteiger partial charge in [-0.2, -0.15) is 5.10 Å². The largest absolute Gasteiger partial charge is 0.455 e. The summed E-state index contributed by atoms with van der Waals surface area (Å²) in [5.74, 6) is 1.35. The number of amidine groups is 1. The van der Waals surface area contributed by atoms with Gasteiger partial charge in [-0.25, -0.2) is 0 Å². The Morgan fingerprint density at radius 2 is 1.86 bits per heavy atom. The Morgan fingerprint density at radius 1 is 1.07 bits per heavy atom. The van der Waals surface area contributed by atoms with Gasteiger partial charge in [0.25, 0.3) is 0 Å². The van der Waals surface area contributed by atoms with Crippen LogP contribution in [0.4, 0.5) is 0 Å². The average molecular weight is 389 g/mol. The fourth-order valence-corrected chi connectivity index (χ4v) is 3.81. The first-order valence-corrected chi connectivity index (χ1v) is 9.85. The van der Waals surface area contributed by atoms with E-state index in [1.165, 1.54) is 17.3 Å². The maximum absolute atomic E-state index is 12.1. The summed E-state index contributed by atoms with van der Waals surface area (Å²) in [5, 5.41) is 11.3. The van der Waals surface area contributed by atoms with Gasteiger partial charge in [0, 0.05) is 5.56 Å². The van der Waals surface area contributed by atoms with Crippen molar-refractivity contribution in [2.75, 3.05) is 0 Å². The lowest BCUT2D eigenvalue weighted by atomic mass is 10.1. The fourth-order valence-electron chi connectivity index (χ4n) is 2.85. The highest BCUT2D eigenvalue weighted by atomic mass is 32.2. The summed E-state index contributed by atoms with van der Waals surface area (Å²) in [7, 11) is 0. The second-order valence-corrected chi connectivity index (χ2v) is 7.69. The van der Waals surface area contributed by atoms with Crippen molar-refractivity contribution in [2.24, 2.45) is 10.2 Å². The minimum absolute atomic E-state index is 0.0394. The molecule has 1 atom stereocenters. The Kier molecular flexibility index (Phi) is 5.39. The van der Waals surface area contributed by atoms with E-state index < -0.39 is 0 Å². The zero-order valence-electron chi connectivity index (χ0n) is 15.3. The number of amides is 1. The highest BCUT2D eigenvalue weighted by molar-refractivity contribution is 8.15. The van der Waals surface area contributed by atoms with Crippen molar-refractivity contribution in [1.82, 2.24) is 5.32 Å². The molecule has 1 aromatic heterocycles. The highest BCUT2D eigenvalue weighted by Gasteiger charge is 2.30. The van der Waals surface area contributed by atoms with E-state index >= 15 is 0 Å². The van der Waals surface area contributed by atoms with Gasteiger partial charge in [0.05, 0.1) is 11.5 Å². The molecule has 1 aliphatic heterocycles. The van der Waals surface area contributed by atoms with Crippen molar-refractivity contribution in [3.63, 3.8) is 0 Å². The summed E-state index contributed by atoms with van der Waals surface area (Å²) in [6.45, 7) is 2.05. The van der Waals surface area contributed by atoms with E-state index in [1.54, 1.807) is 6.21 Å². The first-order chi connectivity index (χ1) is 13.7. The molecule has 2 aromatic carbocycles. The van der Waals surface area contributed by atoms with Gasteiger partial charge in [0.2, 0.25) is 5.91 Å². The molecule has 2 heterocycles. The van der Waals surface area contributed by atoms with Crippen LogP contribution in [-0.4, -0.2) is 22.5 Å². The second-order valence-electron chi connectivity index (χ2n) is 6.50. The molecule has 0 aliphatic carbocycles. The predicted molar refractivity (Wildman–Crippen MR) is 114 cm³/mol. The second kappa shape index (κ2) is 8.27. The van der Waals surface area contributed by atoms with Gasteiger partial charge in [-0.15, -0.1) is 5.10 Å². The smallest absolute Gasteiger partial charge is 0.239 e. The molecule has 0 saturated carbocycles. The molecule has 0 radical (unpaired) electrons. The molecular formula is C22H19N3O2S. The van der Waals surface area contributed by atoms with E-state index in [9.17, 15) is 4.79 Å². The number of thioether (sulfide) groups is 1. The third-order valence-electron chi connectivity index (χ3n) is 4.34. The summed E-state index contributed by atoms with van der Waals surface area (Å²) in [4.78, 5) is 12.1. The molecular weight excluding hydrogens is 370 g/mol. The molecule has 5 nitrogen and oxygen atoms in total. The summed E-state index contributed by atoms with van der Waals surface area (Å²) in [6.07, 6.45) is 2.21. The van der Waals surface area contributed by atoms with Crippen molar-refractivity contribution in [1.29, 1.82) is 0 Å². The van der Waals surface area contributed by atoms with Crippen LogP contribution >= 0.6 is 11.8 Å². The SMILES string of the molecule is Cc1ccc(-c2ccc(/C=N\N=C3/NC(=O)C(Cc4ccccc4)S3)o2)cc1. The zero-order chi connectivity index (χ0) is 19.3. The normalized spacial score (nSPS) is 18.1. The fraction of sp³-hybridized carbons (Fsp3) is 0.136. The first-order valence-electron chi connectivity index (χ1n) is 8.97. The number of nitrogens with zero attached hydrogens (tertiary/aromatic N) is 2. The number of rotatable bonds is 5. The monoisotopic (exact) mass is 389 g/mol. The number of nitrogens with one attached hydrogen (secondary N) is 1. The standard InChI is InChI=1S/C22H19N3O2S/c1-15-7-9-17(10-8-15)19-12-11-18(27-19)14-23-25-22-24-21(26)20(28-22)13-16-5-3-2-4-6-16/h2-12,14,20H,13H2,1H3,(H,24,25,26)/b23-14-. The van der Waals surface area contributed by atoms with Gasteiger partial charge in [-0.3, -0.25) is 4.79 Å². The molecule has 0 bridgehead atoms. The van der Waals surface area contributed by atoms with Crippen molar-refractivity contribution in [3.8, 4) is 11.3 Å². The molecule has 3 aromatic rings. The molecule has 28 heavy (non-hydrogen) atoms. The summed E-state index contributed by atoms with van der Waals surface area (Å²) < 4.78 is 5.78. The van der Waals surface area contributed by atoms with Gasteiger partial charge < -0.3 is 9.73 Å². The number of carbonyl (C=O) groups excluding carboxylic acids is 1. The van der Waals surface area contributed by atoms with Crippen molar-refractivity contribution in [3.05, 3.63) is 83.6 Å². The van der Waals surface area contributed by atoms with Crippen LogP contribution in [0.2, 0.25) is 0 Å². The number of aryl methyl sites for hydroxylation is 1. The molecule has 1 amide bonds. The van der Waals surface area contributed by atoms with Crippen LogP contribution in [0.3, 0.4) is 0 Å². The van der Waals surface area contributed by atoms with Crippen molar-refractivity contribution >= 4 is 29.1 Å². The highest BCUT2D eigenvalue weighted by Crippen LogP contribution is 2.24. The van der Waals surface area contributed by atoms with E-state index in [0.717, 1.165) is 16.9 Å². The van der Waals surface area contributed by atoms with Gasteiger partial charge in [0.1, 0.15) is 11.5 Å². The number of carbonyl (C=O) groups is 1. The van der Waals surface area contributed by atoms with Gasteiger partial charge in [-0.1, -0.05) is 71.9 Å². The minimum atomic E-state index is -0.187. The van der Waals surface area contributed by atoms with Crippen molar-refractivity contribution < 1.29 is 9.21 Å². The van der Waals surface area contributed by atoms with E-state index in [4.69, 9.17) is 4.42 Å². The number of benzene rings is 2. The topological polar surface area (TPSA) is 67.0 Å². The molecule has 1 fully saturated rings. The third kappa shape index (κ3) is 4.40. The Bertz CT molecular complexity index is 1020. The Morgan fingerprint density at radius 3 is 2.64 bits per heavy atom. The lowest BCUT2D eigenvalue weighted by Crippen LogP contribution is -2.25. The molecule has 1 saturated heterocycles. The van der Waals surface area contributed by atoms with E-state index in [2.05, 4.69) is 15.5 Å². The lowest BCUT2D eigenvalue weighted by Gasteiger charge is -2.04. The van der Waals surface area contributed by atoms with Crippen LogP contribution in [0.5, 0.6) is 0 Å². The van der Waals surface area contributed by atoms with Crippen molar-refractivity contribution in [2.45, 2.75) is 18.6 Å². The van der Waals surface area contributed by atoms with Crippen LogP contribution in [0.1, 0.15) is 16.9 Å². The quantitative estimate of drug-likeness (QED) is 0.519. The van der Waals surface area contributed by atoms with E-state index in [-0.39, 0.29) is 11.2 Å². The number of hydrogen-bond donors (Lipinski definition) is 1. The van der Waals surface area contributed by atoms with Gasteiger partial charge in [-0.05, 0) is 31.0 Å². The molecule has 1 unspecified atom stereocenters. The van der Waals surface area contributed by atoms with Crippen LogP contribution < -0.4 is 5.32 Å². The molecule has 0 spiro atoms. The lowest BCUT2D eigenvalue weighted by molar-refractivity contribution is -0.118. The summed E-state index contributed by atoms with van der Waals surface area (Å²) in [5.41, 5.74) is 3.34. The van der Waals surface area contributed by atoms with Gasteiger partial charge in [0.15, 0.2) is 5.17 Å². The molecule has 4 rings (SSSR count).